The molecule has 0 radical (unpaired) electrons. The molecule has 0 bridgehead atoms. The van der Waals surface area contributed by atoms with Crippen LogP contribution in [0.15, 0.2) is 58.1 Å². The zero-order chi connectivity index (χ0) is 13.7. The zero-order valence-corrected chi connectivity index (χ0v) is 10.4. The van der Waals surface area contributed by atoms with Crippen LogP contribution in [0.25, 0.3) is 32.8 Å². The van der Waals surface area contributed by atoms with Crippen molar-refractivity contribution in [2.45, 2.75) is 0 Å². The average molecular weight is 262 g/mol. The van der Waals surface area contributed by atoms with Gasteiger partial charge in [-0.05, 0) is 24.3 Å². The standard InChI is InChI=1S/C16H10N2O2/c19-14-9-5-1-3-7-11(9)17-16-13(14)15(20)10-6-2-4-8-12(10)18-16/h1-8H,(H2,17,18,19,20). The number of benzene rings is 2. The van der Waals surface area contributed by atoms with E-state index in [2.05, 4.69) is 9.97 Å². The quantitative estimate of drug-likeness (QED) is 0.478. The predicted octanol–water partition coefficient (Wildman–Crippen LogP) is 2.52. The fourth-order valence-electron chi connectivity index (χ4n) is 2.61. The first-order chi connectivity index (χ1) is 9.75. The molecule has 4 aromatic rings. The first kappa shape index (κ1) is 11.0. The molecule has 4 rings (SSSR count). The van der Waals surface area contributed by atoms with Crippen molar-refractivity contribution in [3.05, 3.63) is 69.0 Å². The van der Waals surface area contributed by atoms with E-state index in [4.69, 9.17) is 0 Å². The molecule has 2 N–H and O–H groups in total. The SMILES string of the molecule is O=c1c2ccccc2[nH]c2[nH]c3ccccc3c(=O)c12. The molecule has 0 fully saturated rings. The molecular weight excluding hydrogens is 252 g/mol. The van der Waals surface area contributed by atoms with Gasteiger partial charge in [0.25, 0.3) is 0 Å². The van der Waals surface area contributed by atoms with Gasteiger partial charge in [0.05, 0.1) is 11.0 Å². The van der Waals surface area contributed by atoms with Gasteiger partial charge in [-0.15, -0.1) is 0 Å². The highest BCUT2D eigenvalue weighted by molar-refractivity contribution is 5.96. The van der Waals surface area contributed by atoms with Crippen LogP contribution >= 0.6 is 0 Å². The summed E-state index contributed by atoms with van der Waals surface area (Å²) in [6, 6.07) is 14.4. The number of fused-ring (bicyclic) bond motifs is 3. The molecule has 4 nitrogen and oxygen atoms in total. The van der Waals surface area contributed by atoms with Gasteiger partial charge < -0.3 is 9.97 Å². The van der Waals surface area contributed by atoms with E-state index in [1.54, 1.807) is 24.3 Å². The lowest BCUT2D eigenvalue weighted by molar-refractivity contribution is 1.36. The second kappa shape index (κ2) is 3.81. The maximum absolute atomic E-state index is 12.5. The van der Waals surface area contributed by atoms with Crippen LogP contribution in [0.4, 0.5) is 0 Å². The van der Waals surface area contributed by atoms with Crippen LogP contribution in [0.5, 0.6) is 0 Å². The molecule has 4 heteroatoms. The smallest absolute Gasteiger partial charge is 0.202 e. The van der Waals surface area contributed by atoms with Gasteiger partial charge in [-0.3, -0.25) is 9.59 Å². The Hall–Kier alpha value is -2.88. The molecule has 0 saturated carbocycles. The lowest BCUT2D eigenvalue weighted by atomic mass is 10.1. The van der Waals surface area contributed by atoms with E-state index < -0.39 is 0 Å². The maximum Gasteiger partial charge on any atom is 0.202 e. The highest BCUT2D eigenvalue weighted by Crippen LogP contribution is 2.14. The van der Waals surface area contributed by atoms with Crippen molar-refractivity contribution >= 4 is 32.8 Å². The largest absolute Gasteiger partial charge is 0.340 e. The number of H-pyrrole nitrogens is 2. The first-order valence-corrected chi connectivity index (χ1v) is 6.31. The van der Waals surface area contributed by atoms with E-state index in [-0.39, 0.29) is 16.2 Å². The Labute approximate surface area is 112 Å². The Kier molecular flexibility index (Phi) is 2.09. The van der Waals surface area contributed by atoms with Crippen molar-refractivity contribution in [3.63, 3.8) is 0 Å². The molecule has 0 unspecified atom stereocenters. The van der Waals surface area contributed by atoms with Crippen molar-refractivity contribution in [3.8, 4) is 0 Å². The van der Waals surface area contributed by atoms with Crippen LogP contribution in [-0.2, 0) is 0 Å². The van der Waals surface area contributed by atoms with Crippen LogP contribution in [-0.4, -0.2) is 9.97 Å². The van der Waals surface area contributed by atoms with Gasteiger partial charge in [0.15, 0.2) is 0 Å². The minimum Gasteiger partial charge on any atom is -0.340 e. The van der Waals surface area contributed by atoms with E-state index in [0.717, 1.165) is 11.0 Å². The van der Waals surface area contributed by atoms with Gasteiger partial charge in [0, 0.05) is 10.8 Å². The van der Waals surface area contributed by atoms with Gasteiger partial charge in [0.2, 0.25) is 10.9 Å². The number of rotatable bonds is 0. The molecule has 0 aliphatic heterocycles. The molecule has 96 valence electrons. The predicted molar refractivity (Wildman–Crippen MR) is 80.2 cm³/mol. The van der Waals surface area contributed by atoms with E-state index in [1.165, 1.54) is 0 Å². The first-order valence-electron chi connectivity index (χ1n) is 6.31. The third kappa shape index (κ3) is 1.36. The molecule has 20 heavy (non-hydrogen) atoms. The summed E-state index contributed by atoms with van der Waals surface area (Å²) in [5.41, 5.74) is 1.44. The number of hydrogen-bond acceptors (Lipinski definition) is 2. The van der Waals surface area contributed by atoms with Crippen LogP contribution in [0.3, 0.4) is 0 Å². The fourth-order valence-corrected chi connectivity index (χ4v) is 2.61. The molecule has 0 amide bonds. The summed E-state index contributed by atoms with van der Waals surface area (Å²) in [5.74, 6) is 0. The molecule has 0 saturated heterocycles. The summed E-state index contributed by atoms with van der Waals surface area (Å²) in [5, 5.41) is 1.24. The van der Waals surface area contributed by atoms with E-state index >= 15 is 0 Å². The lowest BCUT2D eigenvalue weighted by Gasteiger charge is -2.04. The van der Waals surface area contributed by atoms with Gasteiger partial charge in [-0.25, -0.2) is 0 Å². The Morgan fingerprint density at radius 1 is 0.650 bits per heavy atom. The second-order valence-corrected chi connectivity index (χ2v) is 4.75. The topological polar surface area (TPSA) is 65.7 Å². The normalized spacial score (nSPS) is 11.4. The number of nitrogens with one attached hydrogen (secondary N) is 2. The highest BCUT2D eigenvalue weighted by atomic mass is 16.1. The van der Waals surface area contributed by atoms with E-state index in [9.17, 15) is 9.59 Å². The number of aromatic amines is 2. The van der Waals surface area contributed by atoms with Crippen molar-refractivity contribution in [1.29, 1.82) is 0 Å². The van der Waals surface area contributed by atoms with Gasteiger partial charge in [-0.1, -0.05) is 24.3 Å². The van der Waals surface area contributed by atoms with Crippen LogP contribution in [0.2, 0.25) is 0 Å². The summed E-state index contributed by atoms with van der Waals surface area (Å²) < 4.78 is 0. The summed E-state index contributed by atoms with van der Waals surface area (Å²) in [6.07, 6.45) is 0. The van der Waals surface area contributed by atoms with Gasteiger partial charge >= 0.3 is 0 Å². The van der Waals surface area contributed by atoms with Crippen molar-refractivity contribution < 1.29 is 0 Å². The van der Waals surface area contributed by atoms with Crippen molar-refractivity contribution in [2.24, 2.45) is 0 Å². The molecule has 2 heterocycles. The van der Waals surface area contributed by atoms with Crippen molar-refractivity contribution in [2.75, 3.05) is 0 Å². The highest BCUT2D eigenvalue weighted by Gasteiger charge is 2.11. The molecular formula is C16H10N2O2. The zero-order valence-electron chi connectivity index (χ0n) is 10.4. The summed E-state index contributed by atoms with van der Waals surface area (Å²) in [4.78, 5) is 31.3. The average Bonchev–Trinajstić information content (AvgIpc) is 2.47. The number of hydrogen-bond donors (Lipinski definition) is 2. The summed E-state index contributed by atoms with van der Waals surface area (Å²) >= 11 is 0. The van der Waals surface area contributed by atoms with Gasteiger partial charge in [-0.2, -0.15) is 0 Å². The minimum atomic E-state index is -0.235. The third-order valence-electron chi connectivity index (χ3n) is 3.57. The molecule has 0 spiro atoms. The fraction of sp³-hybridized carbons (Fsp3) is 0. The molecule has 0 aliphatic carbocycles. The monoisotopic (exact) mass is 262 g/mol. The van der Waals surface area contributed by atoms with E-state index in [1.807, 2.05) is 24.3 Å². The Morgan fingerprint density at radius 3 is 1.60 bits per heavy atom. The molecule has 2 aromatic heterocycles. The number of para-hydroxylation sites is 2. The molecule has 2 aromatic carbocycles. The van der Waals surface area contributed by atoms with Crippen LogP contribution in [0, 0.1) is 0 Å². The third-order valence-corrected chi connectivity index (χ3v) is 3.57. The molecule has 0 atom stereocenters. The van der Waals surface area contributed by atoms with Gasteiger partial charge in [0.1, 0.15) is 11.0 Å². The Morgan fingerprint density at radius 2 is 1.10 bits per heavy atom. The number of aromatic nitrogens is 2. The Balaban J connectivity index is 2.38. The van der Waals surface area contributed by atoms with Crippen molar-refractivity contribution in [1.82, 2.24) is 9.97 Å². The summed E-state index contributed by atoms with van der Waals surface area (Å²) in [7, 11) is 0. The number of pyridine rings is 2. The second-order valence-electron chi connectivity index (χ2n) is 4.75. The lowest BCUT2D eigenvalue weighted by Crippen LogP contribution is -2.16. The molecule has 0 aliphatic rings. The van der Waals surface area contributed by atoms with E-state index in [0.29, 0.717) is 16.4 Å². The Bertz CT molecular complexity index is 1010. The van der Waals surface area contributed by atoms with Crippen LogP contribution in [0.1, 0.15) is 0 Å². The summed E-state index contributed by atoms with van der Waals surface area (Å²) in [6.45, 7) is 0. The van der Waals surface area contributed by atoms with Crippen LogP contribution < -0.4 is 10.9 Å². The minimum absolute atomic E-state index is 0.183. The maximum atomic E-state index is 12.5.